The predicted octanol–water partition coefficient (Wildman–Crippen LogP) is 4.31. The molecule has 2 rings (SSSR count). The second-order valence-electron chi connectivity index (χ2n) is 3.48. The highest BCUT2D eigenvalue weighted by Crippen LogP contribution is 2.32. The van der Waals surface area contributed by atoms with Crippen LogP contribution in [0.5, 0.6) is 0 Å². The summed E-state index contributed by atoms with van der Waals surface area (Å²) in [5.41, 5.74) is -0.455. The highest BCUT2D eigenvalue weighted by Gasteiger charge is 2.30. The van der Waals surface area contributed by atoms with E-state index in [2.05, 4.69) is 6.07 Å². The van der Waals surface area contributed by atoms with Crippen molar-refractivity contribution in [3.05, 3.63) is 59.9 Å². The Labute approximate surface area is 95.5 Å². The summed E-state index contributed by atoms with van der Waals surface area (Å²) in [5, 5.41) is 0. The lowest BCUT2D eigenvalue weighted by atomic mass is 10.0. The SMILES string of the molecule is Fc1c[c]ccc1-c1cccc(C(F)(F)F)c1. The zero-order chi connectivity index (χ0) is 12.5. The number of benzene rings is 2. The molecule has 0 spiro atoms. The van der Waals surface area contributed by atoms with E-state index >= 15 is 0 Å². The molecule has 0 bridgehead atoms. The Balaban J connectivity index is 2.51. The molecule has 2 aromatic carbocycles. The second-order valence-corrected chi connectivity index (χ2v) is 3.48. The molecule has 0 aromatic heterocycles. The average molecular weight is 239 g/mol. The van der Waals surface area contributed by atoms with E-state index in [0.29, 0.717) is 0 Å². The lowest BCUT2D eigenvalue weighted by Gasteiger charge is -2.09. The van der Waals surface area contributed by atoms with Gasteiger partial charge in [0.25, 0.3) is 0 Å². The van der Waals surface area contributed by atoms with Crippen LogP contribution in [0.1, 0.15) is 5.56 Å². The molecule has 0 saturated carbocycles. The summed E-state index contributed by atoms with van der Waals surface area (Å²) in [6, 6.07) is 11.0. The number of hydrogen-bond acceptors (Lipinski definition) is 0. The molecule has 0 aliphatic carbocycles. The fourth-order valence-corrected chi connectivity index (χ4v) is 1.51. The summed E-state index contributed by atoms with van der Waals surface area (Å²) >= 11 is 0. The van der Waals surface area contributed by atoms with Gasteiger partial charge in [0.1, 0.15) is 5.82 Å². The minimum atomic E-state index is -4.42. The Morgan fingerprint density at radius 1 is 1.06 bits per heavy atom. The van der Waals surface area contributed by atoms with Gasteiger partial charge in [0, 0.05) is 5.56 Å². The first kappa shape index (κ1) is 11.6. The molecule has 0 amide bonds. The smallest absolute Gasteiger partial charge is 0.206 e. The van der Waals surface area contributed by atoms with E-state index in [1.165, 1.54) is 24.3 Å². The van der Waals surface area contributed by atoms with Gasteiger partial charge in [-0.15, -0.1) is 0 Å². The molecule has 0 heterocycles. The summed E-state index contributed by atoms with van der Waals surface area (Å²) in [5.74, 6) is -0.591. The topological polar surface area (TPSA) is 0 Å². The van der Waals surface area contributed by atoms with Gasteiger partial charge in [-0.05, 0) is 29.8 Å². The monoisotopic (exact) mass is 239 g/mol. The Morgan fingerprint density at radius 3 is 2.47 bits per heavy atom. The minimum Gasteiger partial charge on any atom is -0.206 e. The molecule has 1 radical (unpaired) electrons. The minimum absolute atomic E-state index is 0.134. The maximum atomic E-state index is 13.4. The van der Waals surface area contributed by atoms with Crippen LogP contribution in [0.4, 0.5) is 17.6 Å². The van der Waals surface area contributed by atoms with Crippen LogP contribution in [0.15, 0.2) is 42.5 Å². The largest absolute Gasteiger partial charge is 0.416 e. The predicted molar refractivity (Wildman–Crippen MR) is 55.7 cm³/mol. The van der Waals surface area contributed by atoms with Crippen molar-refractivity contribution in [2.75, 3.05) is 0 Å². The maximum absolute atomic E-state index is 13.4. The molecule has 4 heteroatoms. The van der Waals surface area contributed by atoms with Crippen molar-refractivity contribution in [3.8, 4) is 11.1 Å². The maximum Gasteiger partial charge on any atom is 0.416 e. The quantitative estimate of drug-likeness (QED) is 0.650. The van der Waals surface area contributed by atoms with E-state index in [1.807, 2.05) is 0 Å². The molecule has 0 aliphatic heterocycles. The van der Waals surface area contributed by atoms with Crippen molar-refractivity contribution in [1.29, 1.82) is 0 Å². The van der Waals surface area contributed by atoms with Gasteiger partial charge < -0.3 is 0 Å². The average Bonchev–Trinajstić information content (AvgIpc) is 2.29. The number of alkyl halides is 3. The van der Waals surface area contributed by atoms with Crippen molar-refractivity contribution in [2.24, 2.45) is 0 Å². The van der Waals surface area contributed by atoms with Gasteiger partial charge in [0.2, 0.25) is 0 Å². The van der Waals surface area contributed by atoms with Crippen LogP contribution in [0.2, 0.25) is 0 Å². The van der Waals surface area contributed by atoms with Crippen molar-refractivity contribution in [2.45, 2.75) is 6.18 Å². The summed E-state index contributed by atoms with van der Waals surface area (Å²) in [6.07, 6.45) is -4.42. The molecular weight excluding hydrogens is 232 g/mol. The van der Waals surface area contributed by atoms with Crippen LogP contribution in [-0.4, -0.2) is 0 Å². The van der Waals surface area contributed by atoms with Crippen molar-refractivity contribution >= 4 is 0 Å². The van der Waals surface area contributed by atoms with E-state index in [9.17, 15) is 17.6 Å². The summed E-state index contributed by atoms with van der Waals surface area (Å²) in [6.45, 7) is 0. The fourth-order valence-electron chi connectivity index (χ4n) is 1.51. The van der Waals surface area contributed by atoms with Gasteiger partial charge in [-0.1, -0.05) is 24.3 Å². The molecule has 0 unspecified atom stereocenters. The Kier molecular flexibility index (Phi) is 2.88. The van der Waals surface area contributed by atoms with Crippen LogP contribution < -0.4 is 0 Å². The Morgan fingerprint density at radius 2 is 1.82 bits per heavy atom. The number of halogens is 4. The van der Waals surface area contributed by atoms with Crippen LogP contribution in [0.3, 0.4) is 0 Å². The fraction of sp³-hybridized carbons (Fsp3) is 0.0769. The third kappa shape index (κ3) is 2.46. The molecule has 0 saturated heterocycles. The zero-order valence-corrected chi connectivity index (χ0v) is 8.55. The standard InChI is InChI=1S/C13H7F4/c14-12-7-2-1-6-11(12)9-4-3-5-10(8-9)13(15,16)17/h1,3-8H. The molecule has 17 heavy (non-hydrogen) atoms. The van der Waals surface area contributed by atoms with E-state index in [0.717, 1.165) is 18.2 Å². The van der Waals surface area contributed by atoms with E-state index < -0.39 is 17.6 Å². The van der Waals surface area contributed by atoms with Gasteiger partial charge in [-0.3, -0.25) is 0 Å². The number of hydrogen-bond donors (Lipinski definition) is 0. The second kappa shape index (κ2) is 4.20. The Hall–Kier alpha value is -1.84. The normalized spacial score (nSPS) is 11.5. The van der Waals surface area contributed by atoms with E-state index in [-0.39, 0.29) is 11.1 Å². The van der Waals surface area contributed by atoms with Gasteiger partial charge in [-0.2, -0.15) is 13.2 Å². The molecule has 2 aromatic rings. The summed E-state index contributed by atoms with van der Waals surface area (Å²) < 4.78 is 50.8. The molecular formula is C13H7F4. The number of rotatable bonds is 1. The first-order valence-corrected chi connectivity index (χ1v) is 4.82. The van der Waals surface area contributed by atoms with E-state index in [4.69, 9.17) is 0 Å². The highest BCUT2D eigenvalue weighted by atomic mass is 19.4. The van der Waals surface area contributed by atoms with E-state index in [1.54, 1.807) is 0 Å². The first-order chi connectivity index (χ1) is 7.98. The molecule has 0 nitrogen and oxygen atoms in total. The van der Waals surface area contributed by atoms with Crippen molar-refractivity contribution in [1.82, 2.24) is 0 Å². The van der Waals surface area contributed by atoms with Gasteiger partial charge >= 0.3 is 6.18 Å². The Bertz CT molecular complexity index is 529. The summed E-state index contributed by atoms with van der Waals surface area (Å²) in [7, 11) is 0. The first-order valence-electron chi connectivity index (χ1n) is 4.82. The van der Waals surface area contributed by atoms with Gasteiger partial charge in [-0.25, -0.2) is 4.39 Å². The molecule has 0 N–H and O–H groups in total. The third-order valence-electron chi connectivity index (χ3n) is 2.31. The lowest BCUT2D eigenvalue weighted by molar-refractivity contribution is -0.137. The molecule has 0 fully saturated rings. The van der Waals surface area contributed by atoms with Crippen LogP contribution >= 0.6 is 0 Å². The lowest BCUT2D eigenvalue weighted by Crippen LogP contribution is -2.04. The van der Waals surface area contributed by atoms with Crippen molar-refractivity contribution in [3.63, 3.8) is 0 Å². The molecule has 87 valence electrons. The van der Waals surface area contributed by atoms with Crippen LogP contribution in [0, 0.1) is 11.9 Å². The molecule has 0 atom stereocenters. The summed E-state index contributed by atoms with van der Waals surface area (Å²) in [4.78, 5) is 0. The van der Waals surface area contributed by atoms with Crippen molar-refractivity contribution < 1.29 is 17.6 Å². The van der Waals surface area contributed by atoms with Crippen LogP contribution in [-0.2, 0) is 6.18 Å². The third-order valence-corrected chi connectivity index (χ3v) is 2.31. The molecule has 0 aliphatic rings. The van der Waals surface area contributed by atoms with Gasteiger partial charge in [0.15, 0.2) is 0 Å². The van der Waals surface area contributed by atoms with Gasteiger partial charge in [0.05, 0.1) is 5.56 Å². The van der Waals surface area contributed by atoms with Crippen LogP contribution in [0.25, 0.3) is 11.1 Å². The zero-order valence-electron chi connectivity index (χ0n) is 8.55. The highest BCUT2D eigenvalue weighted by molar-refractivity contribution is 5.64.